The van der Waals surface area contributed by atoms with Crippen molar-refractivity contribution in [3.8, 4) is 0 Å². The van der Waals surface area contributed by atoms with E-state index < -0.39 is 11.8 Å². The van der Waals surface area contributed by atoms with Crippen LogP contribution < -0.4 is 15.8 Å². The van der Waals surface area contributed by atoms with Gasteiger partial charge in [0.15, 0.2) is 0 Å². The van der Waals surface area contributed by atoms with Gasteiger partial charge in [0.05, 0.1) is 5.56 Å². The van der Waals surface area contributed by atoms with Crippen LogP contribution in [0, 0.1) is 4.64 Å². The number of H-pyrrole nitrogens is 1. The molecule has 6 nitrogen and oxygen atoms in total. The van der Waals surface area contributed by atoms with Crippen molar-refractivity contribution in [1.82, 2.24) is 15.8 Å². The first kappa shape index (κ1) is 15.7. The van der Waals surface area contributed by atoms with Gasteiger partial charge in [-0.2, -0.15) is 0 Å². The zero-order valence-electron chi connectivity index (χ0n) is 12.2. The molecule has 1 heterocycles. The van der Waals surface area contributed by atoms with E-state index in [9.17, 15) is 9.59 Å². The van der Waals surface area contributed by atoms with Crippen LogP contribution in [-0.2, 0) is 0 Å². The Morgan fingerprint density at radius 3 is 2.50 bits per heavy atom. The highest BCUT2D eigenvalue weighted by molar-refractivity contribution is 7.71. The topological polar surface area (TPSA) is 77.2 Å². The summed E-state index contributed by atoms with van der Waals surface area (Å²) in [5.41, 5.74) is 6.35. The van der Waals surface area contributed by atoms with Crippen LogP contribution in [0.3, 0.4) is 0 Å². The SMILES string of the molecule is CN(C)c1cccc(C(=O)NNC(=O)c2ccc[nH]c2=S)c1. The summed E-state index contributed by atoms with van der Waals surface area (Å²) in [7, 11) is 3.77. The maximum atomic E-state index is 12.1. The lowest BCUT2D eigenvalue weighted by atomic mass is 10.2. The Balaban J connectivity index is 2.04. The molecule has 2 rings (SSSR count). The van der Waals surface area contributed by atoms with Crippen LogP contribution in [0.2, 0.25) is 0 Å². The van der Waals surface area contributed by atoms with Crippen LogP contribution in [0.25, 0.3) is 0 Å². The van der Waals surface area contributed by atoms with E-state index in [-0.39, 0.29) is 0 Å². The van der Waals surface area contributed by atoms with Crippen LogP contribution in [-0.4, -0.2) is 30.9 Å². The third-order valence-electron chi connectivity index (χ3n) is 2.98. The largest absolute Gasteiger partial charge is 0.378 e. The number of anilines is 1. The second-order valence-corrected chi connectivity index (χ2v) is 5.17. The summed E-state index contributed by atoms with van der Waals surface area (Å²) in [4.78, 5) is 28.7. The lowest BCUT2D eigenvalue weighted by Crippen LogP contribution is -2.41. The molecule has 0 unspecified atom stereocenters. The van der Waals surface area contributed by atoms with E-state index >= 15 is 0 Å². The van der Waals surface area contributed by atoms with Gasteiger partial charge >= 0.3 is 0 Å². The van der Waals surface area contributed by atoms with Gasteiger partial charge in [-0.3, -0.25) is 20.4 Å². The molecule has 0 bridgehead atoms. The number of aromatic nitrogens is 1. The summed E-state index contributed by atoms with van der Waals surface area (Å²) >= 11 is 5.01. The Morgan fingerprint density at radius 2 is 1.82 bits per heavy atom. The minimum absolute atomic E-state index is 0.292. The van der Waals surface area contributed by atoms with E-state index in [1.165, 1.54) is 0 Å². The molecule has 2 amide bonds. The Hall–Kier alpha value is -2.67. The van der Waals surface area contributed by atoms with E-state index in [1.807, 2.05) is 25.1 Å². The molecule has 1 aromatic heterocycles. The minimum Gasteiger partial charge on any atom is -0.378 e. The highest BCUT2D eigenvalue weighted by atomic mass is 32.1. The summed E-state index contributed by atoms with van der Waals surface area (Å²) in [6.07, 6.45) is 1.63. The average Bonchev–Trinajstić information content (AvgIpc) is 2.52. The number of rotatable bonds is 3. The molecule has 3 N–H and O–H groups in total. The van der Waals surface area contributed by atoms with Gasteiger partial charge < -0.3 is 9.88 Å². The van der Waals surface area contributed by atoms with Crippen LogP contribution in [0.15, 0.2) is 42.6 Å². The van der Waals surface area contributed by atoms with Crippen molar-refractivity contribution >= 4 is 29.7 Å². The number of nitrogens with zero attached hydrogens (tertiary/aromatic N) is 1. The van der Waals surface area contributed by atoms with Crippen molar-refractivity contribution in [3.63, 3.8) is 0 Å². The van der Waals surface area contributed by atoms with Crippen LogP contribution in [0.5, 0.6) is 0 Å². The first-order valence-corrected chi connectivity index (χ1v) is 6.95. The van der Waals surface area contributed by atoms with Crippen molar-refractivity contribution < 1.29 is 9.59 Å². The van der Waals surface area contributed by atoms with E-state index in [2.05, 4.69) is 15.8 Å². The fourth-order valence-corrected chi connectivity index (χ4v) is 2.01. The second kappa shape index (κ2) is 6.86. The van der Waals surface area contributed by atoms with E-state index in [1.54, 1.807) is 36.5 Å². The van der Waals surface area contributed by atoms with Crippen molar-refractivity contribution in [2.45, 2.75) is 0 Å². The summed E-state index contributed by atoms with van der Waals surface area (Å²) in [6.45, 7) is 0. The number of hydrazine groups is 1. The molecule has 0 aliphatic rings. The van der Waals surface area contributed by atoms with Crippen LogP contribution >= 0.6 is 12.2 Å². The van der Waals surface area contributed by atoms with Gasteiger partial charge in [-0.15, -0.1) is 0 Å². The molecule has 0 fully saturated rings. The van der Waals surface area contributed by atoms with E-state index in [0.29, 0.717) is 15.8 Å². The Kier molecular flexibility index (Phi) is 4.90. The lowest BCUT2D eigenvalue weighted by molar-refractivity contribution is 0.0846. The maximum Gasteiger partial charge on any atom is 0.272 e. The number of carbonyl (C=O) groups is 2. The smallest absolute Gasteiger partial charge is 0.272 e. The quantitative estimate of drug-likeness (QED) is 0.597. The van der Waals surface area contributed by atoms with E-state index in [4.69, 9.17) is 12.2 Å². The fraction of sp³-hybridized carbons (Fsp3) is 0.133. The fourth-order valence-electron chi connectivity index (χ4n) is 1.78. The molecule has 0 saturated carbocycles. The standard InChI is InChI=1S/C15H16N4O2S/c1-19(2)11-6-3-5-10(9-11)13(20)17-18-14(21)12-7-4-8-16-15(12)22/h3-9H,1-2H3,(H,16,22)(H,17,20)(H,18,21). The molecule has 0 atom stereocenters. The number of carbonyl (C=O) groups excluding carboxylic acids is 2. The molecule has 0 radical (unpaired) electrons. The van der Waals surface area contributed by atoms with Crippen molar-refractivity contribution in [2.24, 2.45) is 0 Å². The number of benzene rings is 1. The minimum atomic E-state index is -0.473. The number of amides is 2. The molecule has 0 spiro atoms. The molecule has 22 heavy (non-hydrogen) atoms. The Morgan fingerprint density at radius 1 is 1.09 bits per heavy atom. The number of nitrogens with one attached hydrogen (secondary N) is 3. The molecular weight excluding hydrogens is 300 g/mol. The molecule has 0 aliphatic carbocycles. The average molecular weight is 316 g/mol. The molecule has 0 saturated heterocycles. The van der Waals surface area contributed by atoms with Gasteiger partial charge in [-0.1, -0.05) is 18.3 Å². The van der Waals surface area contributed by atoms with Gasteiger partial charge in [0.25, 0.3) is 11.8 Å². The highest BCUT2D eigenvalue weighted by Gasteiger charge is 2.11. The summed E-state index contributed by atoms with van der Waals surface area (Å²) < 4.78 is 0.309. The predicted molar refractivity (Wildman–Crippen MR) is 87.3 cm³/mol. The lowest BCUT2D eigenvalue weighted by Gasteiger charge is -2.13. The molecule has 114 valence electrons. The van der Waals surface area contributed by atoms with Crippen LogP contribution in [0.1, 0.15) is 20.7 Å². The van der Waals surface area contributed by atoms with Crippen LogP contribution in [0.4, 0.5) is 5.69 Å². The highest BCUT2D eigenvalue weighted by Crippen LogP contribution is 2.13. The Bertz CT molecular complexity index is 755. The van der Waals surface area contributed by atoms with Crippen molar-refractivity contribution in [1.29, 1.82) is 0 Å². The monoisotopic (exact) mass is 316 g/mol. The zero-order valence-corrected chi connectivity index (χ0v) is 13.0. The van der Waals surface area contributed by atoms with Gasteiger partial charge in [-0.05, 0) is 30.3 Å². The van der Waals surface area contributed by atoms with Gasteiger partial charge in [0.1, 0.15) is 4.64 Å². The summed E-state index contributed by atoms with van der Waals surface area (Å²) in [5.74, 6) is -0.873. The molecule has 1 aromatic carbocycles. The normalized spacial score (nSPS) is 9.91. The Labute approximate surface area is 133 Å². The third kappa shape index (κ3) is 3.70. The molecule has 7 heteroatoms. The predicted octanol–water partition coefficient (Wildman–Crippen LogP) is 1.88. The number of hydrogen-bond acceptors (Lipinski definition) is 4. The molecule has 2 aromatic rings. The summed E-state index contributed by atoms with van der Waals surface area (Å²) in [6, 6.07) is 10.3. The van der Waals surface area contributed by atoms with Gasteiger partial charge in [0, 0.05) is 31.5 Å². The third-order valence-corrected chi connectivity index (χ3v) is 3.31. The van der Waals surface area contributed by atoms with Crippen molar-refractivity contribution in [2.75, 3.05) is 19.0 Å². The zero-order chi connectivity index (χ0) is 16.1. The molecule has 0 aliphatic heterocycles. The molecular formula is C15H16N4O2S. The maximum absolute atomic E-state index is 12.1. The summed E-state index contributed by atoms with van der Waals surface area (Å²) in [5, 5.41) is 0. The first-order valence-electron chi connectivity index (χ1n) is 6.55. The number of pyridine rings is 1. The second-order valence-electron chi connectivity index (χ2n) is 4.77. The van der Waals surface area contributed by atoms with Gasteiger partial charge in [-0.25, -0.2) is 0 Å². The first-order chi connectivity index (χ1) is 10.5. The number of aromatic amines is 1. The van der Waals surface area contributed by atoms with Gasteiger partial charge in [0.2, 0.25) is 0 Å². The van der Waals surface area contributed by atoms with Crippen molar-refractivity contribution in [3.05, 3.63) is 58.4 Å². The van der Waals surface area contributed by atoms with E-state index in [0.717, 1.165) is 5.69 Å². The number of hydrogen-bond donors (Lipinski definition) is 3.